The topological polar surface area (TPSA) is 43.1 Å². The molecule has 0 atom stereocenters. The number of allylic oxidation sites excluding steroid dienone is 1. The molecule has 2 N–H and O–H groups in total. The van der Waals surface area contributed by atoms with Crippen LogP contribution >= 0.6 is 0 Å². The molecular formula is C13H25NO. The minimum atomic E-state index is -0.210. The monoisotopic (exact) mass is 211 g/mol. The molecule has 15 heavy (non-hydrogen) atoms. The standard InChI is InChI=1S/C13H25NO/c1-4-5-6-7-8-9-12(15)10-11-13(2,3)14/h4H,1,5-11,14H2,2-3H3. The summed E-state index contributed by atoms with van der Waals surface area (Å²) in [5.41, 5.74) is 5.61. The first-order valence-corrected chi connectivity index (χ1v) is 5.87. The summed E-state index contributed by atoms with van der Waals surface area (Å²) in [4.78, 5) is 11.4. The van der Waals surface area contributed by atoms with Crippen molar-refractivity contribution in [1.82, 2.24) is 0 Å². The van der Waals surface area contributed by atoms with Crippen LogP contribution in [-0.4, -0.2) is 11.3 Å². The van der Waals surface area contributed by atoms with Crippen molar-refractivity contribution in [3.05, 3.63) is 12.7 Å². The van der Waals surface area contributed by atoms with E-state index < -0.39 is 0 Å². The predicted octanol–water partition coefficient (Wildman–Crippen LogP) is 3.21. The van der Waals surface area contributed by atoms with E-state index in [0.717, 1.165) is 32.1 Å². The molecule has 0 aromatic heterocycles. The smallest absolute Gasteiger partial charge is 0.132 e. The van der Waals surface area contributed by atoms with Crippen molar-refractivity contribution in [2.75, 3.05) is 0 Å². The zero-order valence-corrected chi connectivity index (χ0v) is 10.2. The molecule has 0 unspecified atom stereocenters. The van der Waals surface area contributed by atoms with Gasteiger partial charge >= 0.3 is 0 Å². The summed E-state index contributed by atoms with van der Waals surface area (Å²) in [7, 11) is 0. The lowest BCUT2D eigenvalue weighted by Gasteiger charge is -2.17. The van der Waals surface area contributed by atoms with Crippen molar-refractivity contribution in [3.8, 4) is 0 Å². The summed E-state index contributed by atoms with van der Waals surface area (Å²) < 4.78 is 0. The van der Waals surface area contributed by atoms with E-state index in [2.05, 4.69) is 6.58 Å². The first-order chi connectivity index (χ1) is 6.95. The molecule has 0 radical (unpaired) electrons. The molecule has 0 aliphatic heterocycles. The second kappa shape index (κ2) is 7.63. The van der Waals surface area contributed by atoms with E-state index in [-0.39, 0.29) is 5.54 Å². The molecule has 0 saturated heterocycles. The maximum absolute atomic E-state index is 11.4. The number of nitrogens with two attached hydrogens (primary N) is 1. The minimum Gasteiger partial charge on any atom is -0.326 e. The van der Waals surface area contributed by atoms with Crippen LogP contribution in [0.15, 0.2) is 12.7 Å². The predicted molar refractivity (Wildman–Crippen MR) is 65.8 cm³/mol. The second-order valence-corrected chi connectivity index (χ2v) is 4.92. The Kier molecular flexibility index (Phi) is 7.31. The Labute approximate surface area is 93.9 Å². The molecule has 0 aliphatic rings. The maximum Gasteiger partial charge on any atom is 0.132 e. The summed E-state index contributed by atoms with van der Waals surface area (Å²) in [5.74, 6) is 0.354. The molecule has 0 aliphatic carbocycles. The van der Waals surface area contributed by atoms with Crippen molar-refractivity contribution in [2.24, 2.45) is 5.73 Å². The van der Waals surface area contributed by atoms with Crippen molar-refractivity contribution in [1.29, 1.82) is 0 Å². The van der Waals surface area contributed by atoms with Gasteiger partial charge in [0.05, 0.1) is 0 Å². The molecule has 0 spiro atoms. The molecule has 0 aromatic rings. The molecule has 0 rings (SSSR count). The van der Waals surface area contributed by atoms with Gasteiger partial charge in [-0.15, -0.1) is 6.58 Å². The minimum absolute atomic E-state index is 0.210. The quantitative estimate of drug-likeness (QED) is 0.470. The van der Waals surface area contributed by atoms with Gasteiger partial charge in [-0.2, -0.15) is 0 Å². The van der Waals surface area contributed by atoms with E-state index in [1.807, 2.05) is 19.9 Å². The van der Waals surface area contributed by atoms with Gasteiger partial charge in [0, 0.05) is 18.4 Å². The van der Waals surface area contributed by atoms with E-state index >= 15 is 0 Å². The molecule has 0 heterocycles. The number of hydrogen-bond acceptors (Lipinski definition) is 2. The Hall–Kier alpha value is -0.630. The summed E-state index contributed by atoms with van der Waals surface area (Å²) in [5, 5.41) is 0. The maximum atomic E-state index is 11.4. The SMILES string of the molecule is C=CCCCCCC(=O)CCC(C)(C)N. The Morgan fingerprint density at radius 1 is 1.27 bits per heavy atom. The van der Waals surface area contributed by atoms with Gasteiger partial charge < -0.3 is 5.73 Å². The average molecular weight is 211 g/mol. The highest BCUT2D eigenvalue weighted by Gasteiger charge is 2.12. The summed E-state index contributed by atoms with van der Waals surface area (Å²) >= 11 is 0. The number of Topliss-reactive ketones (excluding diaryl/α,β-unsaturated/α-hetero) is 1. The molecule has 0 amide bonds. The Bertz CT molecular complexity index is 191. The Balaban J connectivity index is 3.38. The lowest BCUT2D eigenvalue weighted by molar-refractivity contribution is -0.119. The molecular weight excluding hydrogens is 186 g/mol. The summed E-state index contributed by atoms with van der Waals surface area (Å²) in [6, 6.07) is 0. The van der Waals surface area contributed by atoms with Crippen LogP contribution in [0.5, 0.6) is 0 Å². The fraction of sp³-hybridized carbons (Fsp3) is 0.769. The van der Waals surface area contributed by atoms with Crippen molar-refractivity contribution in [3.63, 3.8) is 0 Å². The van der Waals surface area contributed by atoms with E-state index in [1.54, 1.807) is 0 Å². The zero-order chi connectivity index (χ0) is 11.7. The van der Waals surface area contributed by atoms with Gasteiger partial charge in [-0.3, -0.25) is 4.79 Å². The van der Waals surface area contributed by atoms with E-state index in [0.29, 0.717) is 18.6 Å². The average Bonchev–Trinajstić information content (AvgIpc) is 2.13. The van der Waals surface area contributed by atoms with E-state index in [4.69, 9.17) is 5.73 Å². The van der Waals surface area contributed by atoms with Gasteiger partial charge in [0.2, 0.25) is 0 Å². The number of rotatable bonds is 9. The Morgan fingerprint density at radius 3 is 2.47 bits per heavy atom. The van der Waals surface area contributed by atoms with Gasteiger partial charge in [0.15, 0.2) is 0 Å². The number of carbonyl (C=O) groups is 1. The number of ketones is 1. The fourth-order valence-corrected chi connectivity index (χ4v) is 1.37. The van der Waals surface area contributed by atoms with Crippen molar-refractivity contribution < 1.29 is 4.79 Å². The van der Waals surface area contributed by atoms with Crippen LogP contribution in [0.4, 0.5) is 0 Å². The van der Waals surface area contributed by atoms with Gasteiger partial charge in [0.25, 0.3) is 0 Å². The highest BCUT2D eigenvalue weighted by molar-refractivity contribution is 5.78. The molecule has 0 fully saturated rings. The van der Waals surface area contributed by atoms with Crippen LogP contribution < -0.4 is 5.73 Å². The molecule has 0 aromatic carbocycles. The first kappa shape index (κ1) is 14.4. The third kappa shape index (κ3) is 11.3. The van der Waals surface area contributed by atoms with E-state index in [9.17, 15) is 4.79 Å². The van der Waals surface area contributed by atoms with Gasteiger partial charge in [0.1, 0.15) is 5.78 Å². The van der Waals surface area contributed by atoms with E-state index in [1.165, 1.54) is 0 Å². The van der Waals surface area contributed by atoms with Gasteiger partial charge in [-0.1, -0.05) is 12.5 Å². The molecule has 2 heteroatoms. The highest BCUT2D eigenvalue weighted by atomic mass is 16.1. The lowest BCUT2D eigenvalue weighted by atomic mass is 9.96. The number of unbranched alkanes of at least 4 members (excludes halogenated alkanes) is 3. The van der Waals surface area contributed by atoms with Crippen LogP contribution in [0.25, 0.3) is 0 Å². The largest absolute Gasteiger partial charge is 0.326 e. The van der Waals surface area contributed by atoms with Crippen molar-refractivity contribution >= 4 is 5.78 Å². The highest BCUT2D eigenvalue weighted by Crippen LogP contribution is 2.11. The number of carbonyl (C=O) groups excluding carboxylic acids is 1. The van der Waals surface area contributed by atoms with Crippen LogP contribution in [0.3, 0.4) is 0 Å². The second-order valence-electron chi connectivity index (χ2n) is 4.92. The van der Waals surface area contributed by atoms with Crippen LogP contribution in [0.2, 0.25) is 0 Å². The first-order valence-electron chi connectivity index (χ1n) is 5.87. The zero-order valence-electron chi connectivity index (χ0n) is 10.2. The normalized spacial score (nSPS) is 11.4. The van der Waals surface area contributed by atoms with Crippen LogP contribution in [0, 0.1) is 0 Å². The van der Waals surface area contributed by atoms with Crippen LogP contribution in [-0.2, 0) is 4.79 Å². The molecule has 88 valence electrons. The fourth-order valence-electron chi connectivity index (χ4n) is 1.37. The van der Waals surface area contributed by atoms with Crippen molar-refractivity contribution in [2.45, 2.75) is 64.3 Å². The lowest BCUT2D eigenvalue weighted by Crippen LogP contribution is -2.32. The molecule has 0 saturated carbocycles. The summed E-state index contributed by atoms with van der Waals surface area (Å²) in [6.07, 6.45) is 8.42. The van der Waals surface area contributed by atoms with Crippen LogP contribution in [0.1, 0.15) is 58.8 Å². The summed E-state index contributed by atoms with van der Waals surface area (Å²) in [6.45, 7) is 7.59. The number of hydrogen-bond donors (Lipinski definition) is 1. The molecule has 2 nitrogen and oxygen atoms in total. The van der Waals surface area contributed by atoms with Gasteiger partial charge in [-0.25, -0.2) is 0 Å². The third-order valence-electron chi connectivity index (χ3n) is 2.41. The Morgan fingerprint density at radius 2 is 1.93 bits per heavy atom. The van der Waals surface area contributed by atoms with Gasteiger partial charge in [-0.05, 0) is 39.5 Å². The molecule has 0 bridgehead atoms. The third-order valence-corrected chi connectivity index (χ3v) is 2.41.